The molecule has 2 aromatic heterocycles. The van der Waals surface area contributed by atoms with Gasteiger partial charge in [-0.1, -0.05) is 48.6 Å². The Bertz CT molecular complexity index is 1070. The van der Waals surface area contributed by atoms with E-state index in [9.17, 15) is 9.59 Å². The van der Waals surface area contributed by atoms with Crippen molar-refractivity contribution < 1.29 is 4.79 Å². The molecular weight excluding hydrogens is 340 g/mol. The molecule has 0 fully saturated rings. The van der Waals surface area contributed by atoms with Crippen LogP contribution >= 0.6 is 0 Å². The van der Waals surface area contributed by atoms with Crippen molar-refractivity contribution in [3.05, 3.63) is 75.9 Å². The van der Waals surface area contributed by atoms with Gasteiger partial charge in [-0.05, 0) is 25.5 Å². The number of nitrogens with one attached hydrogen (secondary N) is 2. The first kappa shape index (κ1) is 18.4. The Labute approximate surface area is 157 Å². The molecule has 2 heterocycles. The van der Waals surface area contributed by atoms with E-state index in [2.05, 4.69) is 22.1 Å². The molecule has 1 amide bonds. The van der Waals surface area contributed by atoms with E-state index in [1.54, 1.807) is 16.8 Å². The Morgan fingerprint density at radius 2 is 2.07 bits per heavy atom. The molecule has 0 aliphatic carbocycles. The van der Waals surface area contributed by atoms with Gasteiger partial charge in [0.05, 0.1) is 6.20 Å². The lowest BCUT2D eigenvalue weighted by atomic mass is 10.1. The lowest BCUT2D eigenvalue weighted by Crippen LogP contribution is -2.28. The number of hydrogen-bond acceptors (Lipinski definition) is 3. The summed E-state index contributed by atoms with van der Waals surface area (Å²) < 4.78 is 1.68. The van der Waals surface area contributed by atoms with Crippen LogP contribution in [-0.2, 0) is 17.9 Å². The molecule has 0 spiro atoms. The minimum atomic E-state index is -0.335. The number of aromatic amines is 1. The first-order chi connectivity index (χ1) is 13.0. The molecule has 1 aromatic carbocycles. The van der Waals surface area contributed by atoms with E-state index in [0.29, 0.717) is 23.1 Å². The summed E-state index contributed by atoms with van der Waals surface area (Å²) in [5, 5.41) is 9.92. The maximum atomic E-state index is 12.5. The molecule has 0 saturated carbocycles. The zero-order valence-corrected chi connectivity index (χ0v) is 15.5. The Morgan fingerprint density at radius 1 is 1.33 bits per heavy atom. The SMILES string of the molecule is C=Cc1c(C=CC)c2cn[nH]c(=O)c2n1CC(=O)NCc1ccc(C)cc1. The third-order valence-corrected chi connectivity index (χ3v) is 4.40. The van der Waals surface area contributed by atoms with E-state index in [4.69, 9.17) is 0 Å². The summed E-state index contributed by atoms with van der Waals surface area (Å²) in [6.45, 7) is 8.22. The molecule has 6 nitrogen and oxygen atoms in total. The number of benzene rings is 1. The minimum absolute atomic E-state index is 0.0222. The molecule has 0 aliphatic rings. The molecule has 0 radical (unpaired) electrons. The molecule has 0 saturated heterocycles. The highest BCUT2D eigenvalue weighted by molar-refractivity contribution is 5.94. The van der Waals surface area contributed by atoms with Gasteiger partial charge in [-0.3, -0.25) is 9.59 Å². The van der Waals surface area contributed by atoms with Gasteiger partial charge in [0.2, 0.25) is 5.91 Å². The molecule has 0 atom stereocenters. The van der Waals surface area contributed by atoms with E-state index < -0.39 is 0 Å². The Kier molecular flexibility index (Phi) is 5.35. The molecule has 3 aromatic rings. The second kappa shape index (κ2) is 7.86. The lowest BCUT2D eigenvalue weighted by molar-refractivity contribution is -0.121. The summed E-state index contributed by atoms with van der Waals surface area (Å²) in [7, 11) is 0. The van der Waals surface area contributed by atoms with E-state index >= 15 is 0 Å². The molecule has 0 unspecified atom stereocenters. The number of allylic oxidation sites excluding steroid dienone is 1. The second-order valence-corrected chi connectivity index (χ2v) is 6.31. The van der Waals surface area contributed by atoms with Crippen LogP contribution in [0.2, 0.25) is 0 Å². The smallest absolute Gasteiger partial charge is 0.288 e. The molecule has 3 rings (SSSR count). The first-order valence-electron chi connectivity index (χ1n) is 8.72. The van der Waals surface area contributed by atoms with Crippen LogP contribution < -0.4 is 10.9 Å². The molecular formula is C21H22N4O2. The minimum Gasteiger partial charge on any atom is -0.350 e. The number of nitrogens with zero attached hydrogens (tertiary/aromatic N) is 2. The summed E-state index contributed by atoms with van der Waals surface area (Å²) in [5.41, 5.74) is 3.81. The Morgan fingerprint density at radius 3 is 2.74 bits per heavy atom. The van der Waals surface area contributed by atoms with E-state index in [-0.39, 0.29) is 18.0 Å². The number of aryl methyl sites for hydroxylation is 1. The van der Waals surface area contributed by atoms with Gasteiger partial charge >= 0.3 is 0 Å². The van der Waals surface area contributed by atoms with Gasteiger partial charge in [0.15, 0.2) is 0 Å². The highest BCUT2D eigenvalue weighted by atomic mass is 16.2. The van der Waals surface area contributed by atoms with Crippen LogP contribution in [0.3, 0.4) is 0 Å². The highest BCUT2D eigenvalue weighted by Gasteiger charge is 2.18. The van der Waals surface area contributed by atoms with Crippen LogP contribution in [0.4, 0.5) is 0 Å². The van der Waals surface area contributed by atoms with Crippen LogP contribution in [0, 0.1) is 6.92 Å². The number of fused-ring (bicyclic) bond motifs is 1. The summed E-state index contributed by atoms with van der Waals surface area (Å²) in [5.74, 6) is -0.182. The van der Waals surface area contributed by atoms with Gasteiger partial charge in [-0.2, -0.15) is 5.10 Å². The fourth-order valence-electron chi connectivity index (χ4n) is 3.09. The normalized spacial score (nSPS) is 11.2. The molecule has 6 heteroatoms. The first-order valence-corrected chi connectivity index (χ1v) is 8.72. The average Bonchev–Trinajstić information content (AvgIpc) is 2.95. The number of H-pyrrole nitrogens is 1. The molecule has 0 bridgehead atoms. The zero-order chi connectivity index (χ0) is 19.4. The van der Waals surface area contributed by atoms with Crippen molar-refractivity contribution in [3.63, 3.8) is 0 Å². The van der Waals surface area contributed by atoms with Crippen LogP contribution in [0.1, 0.15) is 29.3 Å². The number of aromatic nitrogens is 3. The summed E-state index contributed by atoms with van der Waals surface area (Å²) in [6.07, 6.45) is 7.02. The monoisotopic (exact) mass is 362 g/mol. The molecule has 2 N–H and O–H groups in total. The maximum Gasteiger partial charge on any atom is 0.288 e. The lowest BCUT2D eigenvalue weighted by Gasteiger charge is -2.10. The standard InChI is InChI=1S/C21H22N4O2/c1-4-6-16-17-12-23-24-21(27)20(17)25(18(16)5-2)13-19(26)22-11-15-9-7-14(3)8-10-15/h4-10,12H,2,11,13H2,1,3H3,(H,22,26)(H,24,27). The van der Waals surface area contributed by atoms with Gasteiger partial charge in [-0.15, -0.1) is 0 Å². The Balaban J connectivity index is 1.91. The zero-order valence-electron chi connectivity index (χ0n) is 15.5. The van der Waals surface area contributed by atoms with Crippen LogP contribution in [0.5, 0.6) is 0 Å². The van der Waals surface area contributed by atoms with Crippen molar-refractivity contribution in [1.29, 1.82) is 0 Å². The van der Waals surface area contributed by atoms with Gasteiger partial charge in [-0.25, -0.2) is 5.10 Å². The van der Waals surface area contributed by atoms with Crippen molar-refractivity contribution >= 4 is 29.0 Å². The summed E-state index contributed by atoms with van der Waals surface area (Å²) in [4.78, 5) is 24.9. The maximum absolute atomic E-state index is 12.5. The van der Waals surface area contributed by atoms with Crippen molar-refractivity contribution in [3.8, 4) is 0 Å². The molecule has 138 valence electrons. The van der Waals surface area contributed by atoms with Crippen molar-refractivity contribution in [2.24, 2.45) is 0 Å². The predicted octanol–water partition coefficient (Wildman–Crippen LogP) is 3.03. The average molecular weight is 362 g/mol. The van der Waals surface area contributed by atoms with Gasteiger partial charge in [0, 0.05) is 23.2 Å². The predicted molar refractivity (Wildman–Crippen MR) is 108 cm³/mol. The molecule has 27 heavy (non-hydrogen) atoms. The highest BCUT2D eigenvalue weighted by Crippen LogP contribution is 2.25. The van der Waals surface area contributed by atoms with Crippen molar-refractivity contribution in [2.75, 3.05) is 0 Å². The fraction of sp³-hybridized carbons (Fsp3) is 0.190. The summed E-state index contributed by atoms with van der Waals surface area (Å²) >= 11 is 0. The van der Waals surface area contributed by atoms with Crippen molar-refractivity contribution in [1.82, 2.24) is 20.1 Å². The van der Waals surface area contributed by atoms with Crippen LogP contribution in [-0.4, -0.2) is 20.7 Å². The third-order valence-electron chi connectivity index (χ3n) is 4.40. The van der Waals surface area contributed by atoms with Crippen molar-refractivity contribution in [2.45, 2.75) is 26.9 Å². The van der Waals surface area contributed by atoms with E-state index in [0.717, 1.165) is 11.1 Å². The van der Waals surface area contributed by atoms with Gasteiger partial charge < -0.3 is 9.88 Å². The Hall–Kier alpha value is -3.41. The van der Waals surface area contributed by atoms with Gasteiger partial charge in [0.1, 0.15) is 12.1 Å². The molecule has 0 aliphatic heterocycles. The summed E-state index contributed by atoms with van der Waals surface area (Å²) in [6, 6.07) is 7.98. The quantitative estimate of drug-likeness (QED) is 0.707. The number of hydrogen-bond donors (Lipinski definition) is 2. The van der Waals surface area contributed by atoms with E-state index in [1.807, 2.05) is 50.3 Å². The number of carbonyl (C=O) groups is 1. The number of rotatable bonds is 6. The van der Waals surface area contributed by atoms with Gasteiger partial charge in [0.25, 0.3) is 5.56 Å². The topological polar surface area (TPSA) is 79.8 Å². The van der Waals surface area contributed by atoms with Crippen LogP contribution in [0.15, 0.2) is 47.9 Å². The number of carbonyl (C=O) groups excluding carboxylic acids is 1. The van der Waals surface area contributed by atoms with Crippen LogP contribution in [0.25, 0.3) is 23.1 Å². The largest absolute Gasteiger partial charge is 0.350 e. The number of amides is 1. The van der Waals surface area contributed by atoms with E-state index in [1.165, 1.54) is 5.56 Å². The third kappa shape index (κ3) is 3.74. The second-order valence-electron chi connectivity index (χ2n) is 6.31. The fourth-order valence-corrected chi connectivity index (χ4v) is 3.09.